The molecule has 3 amide bonds. The summed E-state index contributed by atoms with van der Waals surface area (Å²) in [5.41, 5.74) is -0.444. The number of piperazine rings is 1. The summed E-state index contributed by atoms with van der Waals surface area (Å²) in [5, 5.41) is 2.57. The molecule has 1 fully saturated rings. The predicted molar refractivity (Wildman–Crippen MR) is 97.1 cm³/mol. The molecular formula is C17H23BrFN3O3. The Morgan fingerprint density at radius 2 is 2.00 bits per heavy atom. The molecule has 1 N–H and O–H groups in total. The number of nitrogens with one attached hydrogen (secondary N) is 1. The van der Waals surface area contributed by atoms with Crippen LogP contribution in [-0.2, 0) is 4.74 Å². The van der Waals surface area contributed by atoms with E-state index in [4.69, 9.17) is 4.74 Å². The second-order valence-corrected chi connectivity index (χ2v) is 7.94. The number of amides is 3. The number of halogens is 2. The van der Waals surface area contributed by atoms with Gasteiger partial charge in [0.25, 0.3) is 0 Å². The molecule has 2 rings (SSSR count). The molecule has 1 heterocycles. The second kappa shape index (κ2) is 7.59. The number of nitrogens with zero attached hydrogens (tertiary/aromatic N) is 2. The smallest absolute Gasteiger partial charge is 0.410 e. The maximum atomic E-state index is 13.8. The summed E-state index contributed by atoms with van der Waals surface area (Å²) >= 11 is 3.18. The minimum Gasteiger partial charge on any atom is -0.444 e. The highest BCUT2D eigenvalue weighted by molar-refractivity contribution is 9.10. The van der Waals surface area contributed by atoms with E-state index >= 15 is 0 Å². The topological polar surface area (TPSA) is 61.9 Å². The zero-order chi connectivity index (χ0) is 18.8. The zero-order valence-corrected chi connectivity index (χ0v) is 16.4. The molecule has 0 spiro atoms. The Hall–Kier alpha value is -1.83. The van der Waals surface area contributed by atoms with Crippen molar-refractivity contribution in [2.75, 3.05) is 25.0 Å². The molecule has 0 saturated carbocycles. The molecule has 6 nitrogen and oxygen atoms in total. The van der Waals surface area contributed by atoms with E-state index in [2.05, 4.69) is 21.2 Å². The van der Waals surface area contributed by atoms with Crippen LogP contribution in [0.4, 0.5) is 19.7 Å². The Morgan fingerprint density at radius 1 is 1.32 bits per heavy atom. The lowest BCUT2D eigenvalue weighted by molar-refractivity contribution is 0.00589. The highest BCUT2D eigenvalue weighted by Crippen LogP contribution is 2.21. The Bertz CT molecular complexity index is 663. The first-order valence-corrected chi connectivity index (χ1v) is 8.87. The Morgan fingerprint density at radius 3 is 2.56 bits per heavy atom. The van der Waals surface area contributed by atoms with Gasteiger partial charge in [-0.1, -0.05) is 15.9 Å². The molecule has 25 heavy (non-hydrogen) atoms. The van der Waals surface area contributed by atoms with Gasteiger partial charge >= 0.3 is 12.1 Å². The SMILES string of the molecule is C[C@@H]1CN(C(=O)Nc2ccc(Br)cc2F)CCN1C(=O)OC(C)(C)C. The zero-order valence-electron chi connectivity index (χ0n) is 14.8. The molecule has 0 bridgehead atoms. The van der Waals surface area contributed by atoms with E-state index in [1.807, 2.05) is 27.7 Å². The van der Waals surface area contributed by atoms with E-state index < -0.39 is 17.4 Å². The summed E-state index contributed by atoms with van der Waals surface area (Å²) in [6.07, 6.45) is -0.390. The van der Waals surface area contributed by atoms with E-state index in [-0.39, 0.29) is 17.8 Å². The van der Waals surface area contributed by atoms with Gasteiger partial charge in [-0.15, -0.1) is 0 Å². The maximum absolute atomic E-state index is 13.8. The first-order chi connectivity index (χ1) is 11.6. The van der Waals surface area contributed by atoms with Gasteiger partial charge in [-0.2, -0.15) is 0 Å². The molecule has 1 aromatic rings. The number of carbonyl (C=O) groups is 2. The quantitative estimate of drug-likeness (QED) is 0.751. The summed E-state index contributed by atoms with van der Waals surface area (Å²) < 4.78 is 19.8. The molecule has 1 aliphatic rings. The van der Waals surface area contributed by atoms with Gasteiger partial charge in [-0.05, 0) is 45.9 Å². The summed E-state index contributed by atoms with van der Waals surface area (Å²) in [5.74, 6) is -0.511. The minimum atomic E-state index is -0.565. The van der Waals surface area contributed by atoms with Crippen molar-refractivity contribution in [2.45, 2.75) is 39.3 Å². The van der Waals surface area contributed by atoms with Crippen LogP contribution in [0.3, 0.4) is 0 Å². The van der Waals surface area contributed by atoms with Crippen LogP contribution in [0.2, 0.25) is 0 Å². The number of hydrogen-bond donors (Lipinski definition) is 1. The van der Waals surface area contributed by atoms with Crippen molar-refractivity contribution in [3.63, 3.8) is 0 Å². The third-order valence-electron chi connectivity index (χ3n) is 3.72. The molecule has 1 saturated heterocycles. The van der Waals surface area contributed by atoms with Gasteiger partial charge in [0.2, 0.25) is 0 Å². The van der Waals surface area contributed by atoms with E-state index in [9.17, 15) is 14.0 Å². The van der Waals surface area contributed by atoms with Crippen molar-refractivity contribution < 1.29 is 18.7 Å². The molecule has 0 aliphatic carbocycles. The highest BCUT2D eigenvalue weighted by atomic mass is 79.9. The molecule has 1 atom stereocenters. The lowest BCUT2D eigenvalue weighted by Crippen LogP contribution is -2.57. The Kier molecular flexibility index (Phi) is 5.92. The number of hydrogen-bond acceptors (Lipinski definition) is 3. The van der Waals surface area contributed by atoms with Crippen molar-refractivity contribution >= 4 is 33.7 Å². The van der Waals surface area contributed by atoms with Gasteiger partial charge in [-0.25, -0.2) is 14.0 Å². The monoisotopic (exact) mass is 415 g/mol. The lowest BCUT2D eigenvalue weighted by Gasteiger charge is -2.40. The van der Waals surface area contributed by atoms with Crippen LogP contribution in [0.1, 0.15) is 27.7 Å². The van der Waals surface area contributed by atoms with Gasteiger partial charge in [0.1, 0.15) is 11.4 Å². The van der Waals surface area contributed by atoms with E-state index in [1.165, 1.54) is 12.1 Å². The van der Waals surface area contributed by atoms with Gasteiger partial charge in [0.05, 0.1) is 5.69 Å². The molecule has 1 aromatic carbocycles. The summed E-state index contributed by atoms with van der Waals surface area (Å²) in [4.78, 5) is 27.7. The van der Waals surface area contributed by atoms with Crippen LogP contribution >= 0.6 is 15.9 Å². The fourth-order valence-corrected chi connectivity index (χ4v) is 2.85. The van der Waals surface area contributed by atoms with Crippen molar-refractivity contribution in [1.82, 2.24) is 9.80 Å². The average molecular weight is 416 g/mol. The van der Waals surface area contributed by atoms with Gasteiger partial charge in [-0.3, -0.25) is 0 Å². The van der Waals surface area contributed by atoms with Crippen LogP contribution in [0, 0.1) is 5.82 Å². The van der Waals surface area contributed by atoms with Crippen molar-refractivity contribution in [3.05, 3.63) is 28.5 Å². The Labute approximate surface area is 155 Å². The van der Waals surface area contributed by atoms with Gasteiger partial charge in [0, 0.05) is 30.1 Å². The maximum Gasteiger partial charge on any atom is 0.410 e. The van der Waals surface area contributed by atoms with Crippen LogP contribution in [0.5, 0.6) is 0 Å². The molecule has 1 aliphatic heterocycles. The van der Waals surface area contributed by atoms with Crippen molar-refractivity contribution in [2.24, 2.45) is 0 Å². The number of benzene rings is 1. The summed E-state index contributed by atoms with van der Waals surface area (Å²) in [6.45, 7) is 8.36. The Balaban J connectivity index is 1.95. The number of anilines is 1. The second-order valence-electron chi connectivity index (χ2n) is 7.02. The van der Waals surface area contributed by atoms with Crippen LogP contribution < -0.4 is 5.32 Å². The number of carbonyl (C=O) groups excluding carboxylic acids is 2. The fraction of sp³-hybridized carbons (Fsp3) is 0.529. The normalized spacial score (nSPS) is 18.1. The van der Waals surface area contributed by atoms with E-state index in [0.717, 1.165) is 0 Å². The van der Waals surface area contributed by atoms with Crippen LogP contribution in [0.25, 0.3) is 0 Å². The predicted octanol–water partition coefficient (Wildman–Crippen LogP) is 4.06. The minimum absolute atomic E-state index is 0.121. The molecule has 0 unspecified atom stereocenters. The largest absolute Gasteiger partial charge is 0.444 e. The number of rotatable bonds is 1. The molecule has 0 radical (unpaired) electrons. The highest BCUT2D eigenvalue weighted by Gasteiger charge is 2.32. The van der Waals surface area contributed by atoms with E-state index in [1.54, 1.807) is 15.9 Å². The van der Waals surface area contributed by atoms with Crippen molar-refractivity contribution in [3.8, 4) is 0 Å². The molecular weight excluding hydrogens is 393 g/mol. The molecule has 8 heteroatoms. The first kappa shape index (κ1) is 19.5. The van der Waals surface area contributed by atoms with Crippen LogP contribution in [0.15, 0.2) is 22.7 Å². The van der Waals surface area contributed by atoms with Crippen molar-refractivity contribution in [1.29, 1.82) is 0 Å². The third-order valence-corrected chi connectivity index (χ3v) is 4.21. The van der Waals surface area contributed by atoms with Gasteiger partial charge < -0.3 is 19.9 Å². The summed E-state index contributed by atoms with van der Waals surface area (Å²) in [6, 6.07) is 3.86. The number of urea groups is 1. The fourth-order valence-electron chi connectivity index (χ4n) is 2.52. The van der Waals surface area contributed by atoms with E-state index in [0.29, 0.717) is 24.1 Å². The first-order valence-electron chi connectivity index (χ1n) is 8.07. The molecule has 138 valence electrons. The average Bonchev–Trinajstić information content (AvgIpc) is 2.48. The van der Waals surface area contributed by atoms with Gasteiger partial charge in [0.15, 0.2) is 0 Å². The van der Waals surface area contributed by atoms with Crippen LogP contribution in [-0.4, -0.2) is 53.2 Å². The standard InChI is InChI=1S/C17H23BrFN3O3/c1-11-10-21(7-8-22(11)16(24)25-17(2,3)4)15(23)20-14-6-5-12(18)9-13(14)19/h5-6,9,11H,7-8,10H2,1-4H3,(H,20,23)/t11-/m1/s1. The summed E-state index contributed by atoms with van der Waals surface area (Å²) in [7, 11) is 0. The number of ether oxygens (including phenoxy) is 1. The lowest BCUT2D eigenvalue weighted by atomic mass is 10.2. The third kappa shape index (κ3) is 5.32. The molecule has 0 aromatic heterocycles.